The topological polar surface area (TPSA) is 64.1 Å². The van der Waals surface area contributed by atoms with E-state index in [4.69, 9.17) is 14.7 Å². The summed E-state index contributed by atoms with van der Waals surface area (Å²) in [6, 6.07) is 13.9. The minimum Gasteiger partial charge on any atom is -0.487 e. The van der Waals surface area contributed by atoms with Crippen molar-refractivity contribution < 1.29 is 9.53 Å². The van der Waals surface area contributed by atoms with Crippen LogP contribution in [0.5, 0.6) is 5.75 Å². The second-order valence-corrected chi connectivity index (χ2v) is 10.3. The van der Waals surface area contributed by atoms with Gasteiger partial charge in [0.25, 0.3) is 5.91 Å². The molecule has 1 aliphatic heterocycles. The molecule has 0 spiro atoms. The predicted octanol–water partition coefficient (Wildman–Crippen LogP) is 5.99. The van der Waals surface area contributed by atoms with Crippen molar-refractivity contribution in [3.63, 3.8) is 0 Å². The van der Waals surface area contributed by atoms with Crippen LogP contribution >= 0.6 is 0 Å². The first-order valence-corrected chi connectivity index (χ1v) is 11.9. The van der Waals surface area contributed by atoms with Crippen LogP contribution in [-0.4, -0.2) is 28.5 Å². The third kappa shape index (κ3) is 3.01. The highest BCUT2D eigenvalue weighted by molar-refractivity contribution is 6.11. The summed E-state index contributed by atoms with van der Waals surface area (Å²) in [6.45, 7) is 6.85. The van der Waals surface area contributed by atoms with Crippen molar-refractivity contribution in [1.29, 1.82) is 0 Å². The van der Waals surface area contributed by atoms with E-state index < -0.39 is 0 Å². The van der Waals surface area contributed by atoms with E-state index in [0.717, 1.165) is 45.0 Å². The SMILES string of the molecule is CNC(=O)c1ccc2nc3c4c(c5ccccc5c3nc2c1)OC(C)(C)[C@H]1CC[C@H](C)C[C@H]41. The highest BCUT2D eigenvalue weighted by atomic mass is 16.5. The number of benzene rings is 3. The molecule has 5 heteroatoms. The molecule has 33 heavy (non-hydrogen) atoms. The van der Waals surface area contributed by atoms with E-state index in [1.807, 2.05) is 24.3 Å². The molecular weight excluding hydrogens is 410 g/mol. The fraction of sp³-hybridized carbons (Fsp3) is 0.393. The Hall–Kier alpha value is -3.21. The van der Waals surface area contributed by atoms with E-state index in [1.165, 1.54) is 18.4 Å². The number of nitrogens with one attached hydrogen (secondary N) is 1. The molecule has 0 radical (unpaired) electrons. The van der Waals surface area contributed by atoms with Crippen LogP contribution in [0.3, 0.4) is 0 Å². The van der Waals surface area contributed by atoms with Crippen LogP contribution in [0.25, 0.3) is 32.8 Å². The molecule has 1 amide bonds. The number of carbonyl (C=O) groups is 1. The standard InChI is InChI=1S/C28H29N3O2/c1-15-9-11-20-19(13-15)23-25-24(17-7-5-6-8-18(17)26(23)33-28(20,2)3)31-22-14-16(27(32)29-4)10-12-21(22)30-25/h5-8,10,12,14-15,19-20H,9,11,13H2,1-4H3,(H,29,32)/t15-,19-,20-/m0/s1. The van der Waals surface area contributed by atoms with Crippen molar-refractivity contribution in [3.05, 3.63) is 53.6 Å². The molecule has 0 saturated heterocycles. The zero-order valence-electron chi connectivity index (χ0n) is 19.6. The molecule has 3 atom stereocenters. The molecule has 1 aromatic heterocycles. The van der Waals surface area contributed by atoms with Gasteiger partial charge in [0, 0.05) is 34.9 Å². The van der Waals surface area contributed by atoms with Gasteiger partial charge in [0.1, 0.15) is 11.4 Å². The molecule has 4 aromatic rings. The van der Waals surface area contributed by atoms with Crippen molar-refractivity contribution in [2.75, 3.05) is 7.05 Å². The van der Waals surface area contributed by atoms with Crippen molar-refractivity contribution >= 4 is 38.7 Å². The zero-order valence-corrected chi connectivity index (χ0v) is 19.6. The summed E-state index contributed by atoms with van der Waals surface area (Å²) in [7, 11) is 1.64. The zero-order chi connectivity index (χ0) is 22.9. The average molecular weight is 440 g/mol. The summed E-state index contributed by atoms with van der Waals surface area (Å²) in [5.41, 5.74) is 4.98. The summed E-state index contributed by atoms with van der Waals surface area (Å²) in [4.78, 5) is 22.4. The third-order valence-corrected chi connectivity index (χ3v) is 7.82. The maximum Gasteiger partial charge on any atom is 0.251 e. The number of aromatic nitrogens is 2. The van der Waals surface area contributed by atoms with Crippen LogP contribution in [0.2, 0.25) is 0 Å². The lowest BCUT2D eigenvalue weighted by Crippen LogP contribution is -2.46. The first-order valence-electron chi connectivity index (χ1n) is 11.9. The molecule has 0 unspecified atom stereocenters. The summed E-state index contributed by atoms with van der Waals surface area (Å²) < 4.78 is 6.80. The van der Waals surface area contributed by atoms with Gasteiger partial charge in [-0.25, -0.2) is 9.97 Å². The average Bonchev–Trinajstić information content (AvgIpc) is 2.81. The molecule has 6 rings (SSSR count). The maximum absolute atomic E-state index is 12.2. The third-order valence-electron chi connectivity index (χ3n) is 7.82. The molecule has 1 saturated carbocycles. The minimum absolute atomic E-state index is 0.122. The van der Waals surface area contributed by atoms with Gasteiger partial charge in [0.05, 0.1) is 22.1 Å². The van der Waals surface area contributed by atoms with E-state index in [1.54, 1.807) is 7.05 Å². The van der Waals surface area contributed by atoms with Gasteiger partial charge in [0.2, 0.25) is 0 Å². The smallest absolute Gasteiger partial charge is 0.251 e. The van der Waals surface area contributed by atoms with Gasteiger partial charge in [-0.1, -0.05) is 37.6 Å². The van der Waals surface area contributed by atoms with Crippen LogP contribution in [0.4, 0.5) is 0 Å². The summed E-state index contributed by atoms with van der Waals surface area (Å²) >= 11 is 0. The Balaban J connectivity index is 1.71. The predicted molar refractivity (Wildman–Crippen MR) is 132 cm³/mol. The van der Waals surface area contributed by atoms with Crippen LogP contribution in [-0.2, 0) is 0 Å². The Bertz CT molecular complexity index is 1440. The molecule has 2 aliphatic rings. The van der Waals surface area contributed by atoms with Gasteiger partial charge in [-0.3, -0.25) is 4.79 Å². The Morgan fingerprint density at radius 3 is 2.58 bits per heavy atom. The number of carbonyl (C=O) groups excluding carboxylic acids is 1. The fourth-order valence-corrected chi connectivity index (χ4v) is 6.18. The van der Waals surface area contributed by atoms with Gasteiger partial charge < -0.3 is 10.1 Å². The molecular formula is C28H29N3O2. The maximum atomic E-state index is 12.2. The summed E-state index contributed by atoms with van der Waals surface area (Å²) in [6.07, 6.45) is 3.56. The van der Waals surface area contributed by atoms with E-state index in [9.17, 15) is 4.79 Å². The second-order valence-electron chi connectivity index (χ2n) is 10.3. The Labute approximate surface area is 193 Å². The molecule has 1 aliphatic carbocycles. The number of fused-ring (bicyclic) bond motifs is 9. The van der Waals surface area contributed by atoms with Gasteiger partial charge in [-0.2, -0.15) is 0 Å². The van der Waals surface area contributed by atoms with Crippen LogP contribution < -0.4 is 10.1 Å². The summed E-state index contributed by atoms with van der Waals surface area (Å²) in [5.74, 6) is 2.39. The van der Waals surface area contributed by atoms with Crippen LogP contribution in [0, 0.1) is 11.8 Å². The van der Waals surface area contributed by atoms with Crippen molar-refractivity contribution in [1.82, 2.24) is 15.3 Å². The minimum atomic E-state index is -0.221. The summed E-state index contributed by atoms with van der Waals surface area (Å²) in [5, 5.41) is 4.84. The first kappa shape index (κ1) is 20.4. The fourth-order valence-electron chi connectivity index (χ4n) is 6.18. The number of amides is 1. The van der Waals surface area contributed by atoms with Gasteiger partial charge in [-0.05, 0) is 56.7 Å². The monoisotopic (exact) mass is 439 g/mol. The Kier molecular flexibility index (Phi) is 4.42. The lowest BCUT2D eigenvalue weighted by molar-refractivity contribution is -0.0115. The Morgan fingerprint density at radius 1 is 1.03 bits per heavy atom. The molecule has 2 heterocycles. The molecule has 3 aromatic carbocycles. The molecule has 0 bridgehead atoms. The van der Waals surface area contributed by atoms with Crippen LogP contribution in [0.15, 0.2) is 42.5 Å². The first-order chi connectivity index (χ1) is 15.9. The second kappa shape index (κ2) is 7.14. The van der Waals surface area contributed by atoms with Gasteiger partial charge >= 0.3 is 0 Å². The quantitative estimate of drug-likeness (QED) is 0.292. The molecule has 1 fully saturated rings. The van der Waals surface area contributed by atoms with Crippen molar-refractivity contribution in [2.45, 2.75) is 51.6 Å². The highest BCUT2D eigenvalue weighted by Gasteiger charge is 2.47. The number of nitrogens with zero attached hydrogens (tertiary/aromatic N) is 2. The van der Waals surface area contributed by atoms with Crippen molar-refractivity contribution in [2.24, 2.45) is 11.8 Å². The molecule has 1 N–H and O–H groups in total. The largest absolute Gasteiger partial charge is 0.487 e. The lowest BCUT2D eigenvalue weighted by Gasteiger charge is -2.49. The van der Waals surface area contributed by atoms with E-state index >= 15 is 0 Å². The van der Waals surface area contributed by atoms with E-state index in [0.29, 0.717) is 23.3 Å². The number of rotatable bonds is 1. The van der Waals surface area contributed by atoms with Crippen molar-refractivity contribution in [3.8, 4) is 5.75 Å². The number of hydrogen-bond donors (Lipinski definition) is 1. The normalized spacial score (nSPS) is 23.7. The van der Waals surface area contributed by atoms with E-state index in [2.05, 4.69) is 44.3 Å². The molecule has 168 valence electrons. The number of ether oxygens (including phenoxy) is 1. The van der Waals surface area contributed by atoms with Gasteiger partial charge in [0.15, 0.2) is 0 Å². The van der Waals surface area contributed by atoms with Crippen LogP contribution in [0.1, 0.15) is 61.9 Å². The van der Waals surface area contributed by atoms with Gasteiger partial charge in [-0.15, -0.1) is 0 Å². The highest BCUT2D eigenvalue weighted by Crippen LogP contribution is 2.56. The molecule has 5 nitrogen and oxygen atoms in total. The van der Waals surface area contributed by atoms with E-state index in [-0.39, 0.29) is 11.5 Å². The Morgan fingerprint density at radius 2 is 1.79 bits per heavy atom. The number of hydrogen-bond acceptors (Lipinski definition) is 4. The lowest BCUT2D eigenvalue weighted by atomic mass is 9.64.